The quantitative estimate of drug-likeness (QED) is 0.618. The summed E-state index contributed by atoms with van der Waals surface area (Å²) in [4.78, 5) is 24.0. The van der Waals surface area contributed by atoms with Crippen molar-refractivity contribution in [3.05, 3.63) is 17.0 Å². The molecule has 1 amide bonds. The van der Waals surface area contributed by atoms with Crippen LogP contribution in [-0.4, -0.2) is 40.4 Å². The summed E-state index contributed by atoms with van der Waals surface area (Å²) < 4.78 is 0. The van der Waals surface area contributed by atoms with Crippen LogP contribution < -0.4 is 5.32 Å². The van der Waals surface area contributed by atoms with E-state index in [4.69, 9.17) is 11.6 Å². The van der Waals surface area contributed by atoms with Crippen LogP contribution in [0.25, 0.3) is 0 Å². The van der Waals surface area contributed by atoms with Gasteiger partial charge in [0.1, 0.15) is 16.8 Å². The Kier molecular flexibility index (Phi) is 7.01. The lowest BCUT2D eigenvalue weighted by Crippen LogP contribution is -2.36. The Morgan fingerprint density at radius 3 is 2.67 bits per heavy atom. The summed E-state index contributed by atoms with van der Waals surface area (Å²) in [6.45, 7) is 15.6. The summed E-state index contributed by atoms with van der Waals surface area (Å²) in [5.41, 5.74) is -0.112. The SMILES string of the molecule is CC1CCC(CC(=O)N2CCC(C)(CNc3cc(Cl)nc(C(C)(C)C)n3)C2)CC1C. The smallest absolute Gasteiger partial charge is 0.222 e. The molecule has 2 fully saturated rings. The zero-order chi connectivity index (χ0) is 22.1. The summed E-state index contributed by atoms with van der Waals surface area (Å²) in [6, 6.07) is 1.78. The van der Waals surface area contributed by atoms with Crippen LogP contribution in [0.15, 0.2) is 6.07 Å². The minimum Gasteiger partial charge on any atom is -0.369 e. The zero-order valence-electron chi connectivity index (χ0n) is 19.6. The van der Waals surface area contributed by atoms with Gasteiger partial charge in [-0.3, -0.25) is 4.79 Å². The van der Waals surface area contributed by atoms with E-state index < -0.39 is 0 Å². The van der Waals surface area contributed by atoms with Gasteiger partial charge in [0.2, 0.25) is 5.91 Å². The lowest BCUT2D eigenvalue weighted by atomic mass is 9.74. The molecule has 1 aromatic heterocycles. The molecule has 4 unspecified atom stereocenters. The first-order valence-electron chi connectivity index (χ1n) is 11.5. The van der Waals surface area contributed by atoms with Crippen molar-refractivity contribution in [3.8, 4) is 0 Å². The largest absolute Gasteiger partial charge is 0.369 e. The summed E-state index contributed by atoms with van der Waals surface area (Å²) in [5, 5.41) is 3.92. The van der Waals surface area contributed by atoms with E-state index in [1.165, 1.54) is 19.3 Å². The fourth-order valence-electron chi connectivity index (χ4n) is 4.75. The third-order valence-corrected chi connectivity index (χ3v) is 7.34. The molecular weight excluding hydrogens is 396 g/mol. The van der Waals surface area contributed by atoms with Crippen molar-refractivity contribution in [3.63, 3.8) is 0 Å². The van der Waals surface area contributed by atoms with Gasteiger partial charge >= 0.3 is 0 Å². The Hall–Kier alpha value is -1.36. The van der Waals surface area contributed by atoms with E-state index in [1.54, 1.807) is 6.07 Å². The molecule has 6 heteroatoms. The first-order chi connectivity index (χ1) is 13.9. The average Bonchev–Trinajstić information content (AvgIpc) is 3.05. The molecule has 5 nitrogen and oxygen atoms in total. The van der Waals surface area contributed by atoms with Crippen molar-refractivity contribution < 1.29 is 4.79 Å². The monoisotopic (exact) mass is 434 g/mol. The third kappa shape index (κ3) is 5.87. The summed E-state index contributed by atoms with van der Waals surface area (Å²) in [6.07, 6.45) is 5.39. The van der Waals surface area contributed by atoms with Crippen molar-refractivity contribution in [2.24, 2.45) is 23.2 Å². The van der Waals surface area contributed by atoms with Crippen LogP contribution in [0, 0.1) is 23.2 Å². The Balaban J connectivity index is 1.54. The molecule has 0 radical (unpaired) electrons. The highest BCUT2D eigenvalue weighted by Crippen LogP contribution is 2.37. The molecule has 30 heavy (non-hydrogen) atoms. The van der Waals surface area contributed by atoms with Gasteiger partial charge in [0.05, 0.1) is 0 Å². The van der Waals surface area contributed by atoms with E-state index in [0.29, 0.717) is 17.0 Å². The maximum Gasteiger partial charge on any atom is 0.222 e. The van der Waals surface area contributed by atoms with Gasteiger partial charge in [0, 0.05) is 43.0 Å². The first-order valence-corrected chi connectivity index (χ1v) is 11.9. The van der Waals surface area contributed by atoms with Crippen LogP contribution in [0.1, 0.15) is 79.5 Å². The minimum atomic E-state index is -0.157. The van der Waals surface area contributed by atoms with Crippen LogP contribution in [0.3, 0.4) is 0 Å². The number of amides is 1. The molecule has 0 aromatic carbocycles. The second-order valence-corrected chi connectivity index (χ2v) is 11.6. The van der Waals surface area contributed by atoms with Crippen molar-refractivity contribution in [1.82, 2.24) is 14.9 Å². The lowest BCUT2D eigenvalue weighted by molar-refractivity contribution is -0.132. The molecule has 1 aliphatic heterocycles. The van der Waals surface area contributed by atoms with E-state index in [9.17, 15) is 4.79 Å². The van der Waals surface area contributed by atoms with Gasteiger partial charge in [-0.05, 0) is 37.0 Å². The summed E-state index contributed by atoms with van der Waals surface area (Å²) in [5.74, 6) is 3.94. The lowest BCUT2D eigenvalue weighted by Gasteiger charge is -2.32. The average molecular weight is 435 g/mol. The van der Waals surface area contributed by atoms with Gasteiger partial charge in [-0.15, -0.1) is 0 Å². The van der Waals surface area contributed by atoms with Crippen molar-refractivity contribution in [2.75, 3.05) is 25.0 Å². The maximum atomic E-state index is 12.9. The predicted molar refractivity (Wildman–Crippen MR) is 124 cm³/mol. The van der Waals surface area contributed by atoms with Gasteiger partial charge in [-0.2, -0.15) is 0 Å². The molecule has 3 rings (SSSR count). The summed E-state index contributed by atoms with van der Waals surface area (Å²) >= 11 is 6.22. The number of carbonyl (C=O) groups excluding carboxylic acids is 1. The highest BCUT2D eigenvalue weighted by molar-refractivity contribution is 6.29. The van der Waals surface area contributed by atoms with Crippen LogP contribution in [0.5, 0.6) is 0 Å². The molecule has 1 saturated carbocycles. The number of rotatable bonds is 5. The highest BCUT2D eigenvalue weighted by Gasteiger charge is 2.37. The number of hydrogen-bond donors (Lipinski definition) is 1. The number of aromatic nitrogens is 2. The van der Waals surface area contributed by atoms with Gasteiger partial charge < -0.3 is 10.2 Å². The Morgan fingerprint density at radius 1 is 1.27 bits per heavy atom. The Morgan fingerprint density at radius 2 is 2.00 bits per heavy atom. The number of nitrogens with one attached hydrogen (secondary N) is 1. The maximum absolute atomic E-state index is 12.9. The fraction of sp³-hybridized carbons (Fsp3) is 0.792. The second kappa shape index (κ2) is 9.02. The van der Waals surface area contributed by atoms with Crippen molar-refractivity contribution in [1.29, 1.82) is 0 Å². The van der Waals surface area contributed by atoms with E-state index in [0.717, 1.165) is 56.0 Å². The topological polar surface area (TPSA) is 58.1 Å². The Labute approximate surface area is 187 Å². The fourth-order valence-corrected chi connectivity index (χ4v) is 4.93. The molecule has 1 saturated heterocycles. The van der Waals surface area contributed by atoms with Gasteiger partial charge in [-0.1, -0.05) is 59.6 Å². The standard InChI is InChI=1S/C24H39ClN4O/c1-16-7-8-18(11-17(16)2)12-21(30)29-10-9-24(6,15-29)14-26-20-13-19(25)27-22(28-20)23(3,4)5/h13,16-18H,7-12,14-15H2,1-6H3,(H,26,27,28). The zero-order valence-corrected chi connectivity index (χ0v) is 20.4. The highest BCUT2D eigenvalue weighted by atomic mass is 35.5. The van der Waals surface area contributed by atoms with Gasteiger partial charge in [-0.25, -0.2) is 9.97 Å². The van der Waals surface area contributed by atoms with Crippen LogP contribution in [0.4, 0.5) is 5.82 Å². The molecule has 4 atom stereocenters. The van der Waals surface area contributed by atoms with Gasteiger partial charge in [0.15, 0.2) is 0 Å². The number of likely N-dealkylation sites (tertiary alicyclic amines) is 1. The molecular formula is C24H39ClN4O. The van der Waals surface area contributed by atoms with E-state index in [1.807, 2.05) is 0 Å². The van der Waals surface area contributed by atoms with Crippen molar-refractivity contribution >= 4 is 23.3 Å². The second-order valence-electron chi connectivity index (χ2n) is 11.2. The molecule has 1 aromatic rings. The normalized spacial score (nSPS) is 29.8. The summed E-state index contributed by atoms with van der Waals surface area (Å²) in [7, 11) is 0. The van der Waals surface area contributed by atoms with Crippen LogP contribution >= 0.6 is 11.6 Å². The van der Waals surface area contributed by atoms with E-state index in [2.05, 4.69) is 61.7 Å². The van der Waals surface area contributed by atoms with Gasteiger partial charge in [0.25, 0.3) is 0 Å². The van der Waals surface area contributed by atoms with Crippen LogP contribution in [0.2, 0.25) is 5.15 Å². The Bertz CT molecular complexity index is 762. The van der Waals surface area contributed by atoms with E-state index in [-0.39, 0.29) is 10.8 Å². The first kappa shape index (κ1) is 23.3. The van der Waals surface area contributed by atoms with E-state index >= 15 is 0 Å². The number of anilines is 1. The molecule has 0 spiro atoms. The minimum absolute atomic E-state index is 0.0450. The third-order valence-electron chi connectivity index (χ3n) is 7.14. The molecule has 2 aliphatic rings. The molecule has 1 aliphatic carbocycles. The molecule has 2 heterocycles. The number of carbonyl (C=O) groups is 1. The number of hydrogen-bond acceptors (Lipinski definition) is 4. The number of halogens is 1. The van der Waals surface area contributed by atoms with Crippen LogP contribution in [-0.2, 0) is 10.2 Å². The molecule has 1 N–H and O–H groups in total. The van der Waals surface area contributed by atoms with Crippen molar-refractivity contribution in [2.45, 2.75) is 79.1 Å². The molecule has 168 valence electrons. The predicted octanol–water partition coefficient (Wildman–Crippen LogP) is 5.54. The molecule has 0 bridgehead atoms. The number of nitrogens with zero attached hydrogens (tertiary/aromatic N) is 3.